The van der Waals surface area contributed by atoms with Crippen molar-refractivity contribution in [1.29, 1.82) is 0 Å². The lowest BCUT2D eigenvalue weighted by atomic mass is 10.3. The van der Waals surface area contributed by atoms with Gasteiger partial charge in [-0.1, -0.05) is 0 Å². The molecule has 0 bridgehead atoms. The van der Waals surface area contributed by atoms with Crippen molar-refractivity contribution < 1.29 is 0 Å². The van der Waals surface area contributed by atoms with Gasteiger partial charge in [0.15, 0.2) is 0 Å². The van der Waals surface area contributed by atoms with Gasteiger partial charge in [0.25, 0.3) is 0 Å². The van der Waals surface area contributed by atoms with E-state index in [0.717, 1.165) is 52.1 Å². The molecule has 0 saturated heterocycles. The van der Waals surface area contributed by atoms with Crippen LogP contribution in [0.15, 0.2) is 0 Å². The molecule has 6 heteroatoms. The molecule has 0 aliphatic carbocycles. The van der Waals surface area contributed by atoms with Crippen LogP contribution < -0.4 is 11.5 Å². The number of nitrogens with zero attached hydrogens (tertiary/aromatic N) is 2. The van der Waals surface area contributed by atoms with E-state index < -0.39 is 0 Å². The Kier molecular flexibility index (Phi) is 12.8. The second kappa shape index (κ2) is 11.8. The van der Waals surface area contributed by atoms with E-state index in [1.54, 1.807) is 0 Å². The Hall–Kier alpha value is 1.30. The van der Waals surface area contributed by atoms with Crippen molar-refractivity contribution in [1.82, 2.24) is 6.23 Å². The Morgan fingerprint density at radius 1 is 0.733 bits per heavy atom. The maximum absolute atomic E-state index is 5.52. The summed E-state index contributed by atoms with van der Waals surface area (Å²) in [4.78, 5) is 2.47. The second-order valence-electron chi connectivity index (χ2n) is 3.51. The molecule has 4 N–H and O–H groups in total. The fourth-order valence-corrected chi connectivity index (χ4v) is 2.06. The van der Waals surface area contributed by atoms with Gasteiger partial charge in [0.05, 0.1) is 0 Å². The minimum absolute atomic E-state index is 0.782. The van der Waals surface area contributed by atoms with Crippen molar-refractivity contribution in [2.75, 3.05) is 39.3 Å². The molecule has 0 aliphatic rings. The molecule has 0 heterocycles. The highest BCUT2D eigenvalue weighted by atomic mass is 127. The molecule has 92 valence electrons. The lowest BCUT2D eigenvalue weighted by molar-refractivity contribution is 0.266. The van der Waals surface area contributed by atoms with Gasteiger partial charge in [-0.15, -0.1) is 0 Å². The van der Waals surface area contributed by atoms with Crippen LogP contribution in [0.25, 0.3) is 0 Å². The number of hydrogen-bond acceptors (Lipinski definition) is 4. The third-order valence-electron chi connectivity index (χ3n) is 2.16. The highest BCUT2D eigenvalue weighted by Crippen LogP contribution is 2.08. The third kappa shape index (κ3) is 11.6. The van der Waals surface area contributed by atoms with Crippen LogP contribution in [-0.2, 0) is 0 Å². The number of halogens is 2. The van der Waals surface area contributed by atoms with Gasteiger partial charge in [0, 0.05) is 52.3 Å². The summed E-state index contributed by atoms with van der Waals surface area (Å²) in [5, 5.41) is 0. The van der Waals surface area contributed by atoms with Crippen LogP contribution in [0.4, 0.5) is 0 Å². The van der Waals surface area contributed by atoms with Crippen LogP contribution in [0, 0.1) is 0 Å². The summed E-state index contributed by atoms with van der Waals surface area (Å²) < 4.78 is 2.17. The van der Waals surface area contributed by atoms with Crippen LogP contribution in [0.5, 0.6) is 0 Å². The van der Waals surface area contributed by atoms with E-state index in [4.69, 9.17) is 11.5 Å². The monoisotopic (exact) mass is 440 g/mol. The van der Waals surface area contributed by atoms with Crippen LogP contribution >= 0.6 is 45.7 Å². The zero-order valence-electron chi connectivity index (χ0n) is 9.17. The molecule has 15 heavy (non-hydrogen) atoms. The van der Waals surface area contributed by atoms with Crippen LogP contribution in [0.2, 0.25) is 0 Å². The molecule has 0 atom stereocenters. The Labute approximate surface area is 121 Å². The Balaban J connectivity index is 3.58. The third-order valence-corrected chi connectivity index (χ3v) is 3.12. The summed E-state index contributed by atoms with van der Waals surface area (Å²) in [6.07, 6.45) is 3.38. The average molecular weight is 440 g/mol. The number of nitrogens with two attached hydrogens (primary N) is 2. The van der Waals surface area contributed by atoms with Gasteiger partial charge < -0.3 is 16.4 Å². The second-order valence-corrected chi connectivity index (χ2v) is 7.68. The Morgan fingerprint density at radius 2 is 1.20 bits per heavy atom. The minimum atomic E-state index is 0.782. The van der Waals surface area contributed by atoms with E-state index in [2.05, 4.69) is 52.0 Å². The molecule has 0 amide bonds. The van der Waals surface area contributed by atoms with E-state index in [9.17, 15) is 0 Å². The number of hydrogen-bond donors (Lipinski definition) is 2. The van der Waals surface area contributed by atoms with E-state index in [-0.39, 0.29) is 0 Å². The molecule has 0 aliphatic heterocycles. The SMILES string of the molecule is NCCCN(CCCN)CCCN(I)I. The highest BCUT2D eigenvalue weighted by molar-refractivity contribution is 14.2. The molecule has 0 aromatic heterocycles. The summed E-state index contributed by atoms with van der Waals surface area (Å²) in [5.74, 6) is 0. The van der Waals surface area contributed by atoms with E-state index in [1.165, 1.54) is 6.42 Å². The Bertz CT molecular complexity index is 127. The van der Waals surface area contributed by atoms with Gasteiger partial charge in [-0.25, -0.2) is 0 Å². The molecule has 0 saturated carbocycles. The molecule has 0 spiro atoms. The normalized spacial score (nSPS) is 11.6. The summed E-state index contributed by atoms with van der Waals surface area (Å²) in [6, 6.07) is 0. The topological polar surface area (TPSA) is 58.5 Å². The summed E-state index contributed by atoms with van der Waals surface area (Å²) in [5.41, 5.74) is 11.0. The minimum Gasteiger partial charge on any atom is -0.330 e. The van der Waals surface area contributed by atoms with Gasteiger partial charge in [0.1, 0.15) is 0 Å². The maximum atomic E-state index is 5.52. The molecule has 0 unspecified atom stereocenters. The van der Waals surface area contributed by atoms with E-state index in [1.807, 2.05) is 0 Å². The van der Waals surface area contributed by atoms with E-state index >= 15 is 0 Å². The first-order valence-electron chi connectivity index (χ1n) is 5.42. The smallest absolute Gasteiger partial charge is 0.0308 e. The highest BCUT2D eigenvalue weighted by Gasteiger charge is 2.04. The first-order chi connectivity index (χ1) is 7.20. The summed E-state index contributed by atoms with van der Waals surface area (Å²) >= 11 is 4.62. The standard InChI is InChI=1S/C9H22I2N4/c10-15(11)9-3-8-14(6-1-4-12)7-2-5-13/h1-9,12-13H2. The van der Waals surface area contributed by atoms with Crippen LogP contribution in [0.3, 0.4) is 0 Å². The zero-order valence-corrected chi connectivity index (χ0v) is 13.5. The fourth-order valence-electron chi connectivity index (χ4n) is 1.38. The summed E-state index contributed by atoms with van der Waals surface area (Å²) in [7, 11) is 0. The van der Waals surface area contributed by atoms with Gasteiger partial charge >= 0.3 is 0 Å². The molecule has 0 aromatic rings. The molecule has 0 rings (SSSR count). The molecular formula is C9H22I2N4. The predicted octanol–water partition coefficient (Wildman–Crippen LogP) is 1.38. The van der Waals surface area contributed by atoms with Crippen molar-refractivity contribution in [2.24, 2.45) is 11.5 Å². The van der Waals surface area contributed by atoms with E-state index in [0.29, 0.717) is 0 Å². The largest absolute Gasteiger partial charge is 0.330 e. The van der Waals surface area contributed by atoms with Gasteiger partial charge in [-0.05, 0) is 52.0 Å². The molecule has 4 nitrogen and oxygen atoms in total. The van der Waals surface area contributed by atoms with Crippen LogP contribution in [-0.4, -0.2) is 45.5 Å². The zero-order chi connectivity index (χ0) is 11.5. The summed E-state index contributed by atoms with van der Waals surface area (Å²) in [6.45, 7) is 6.07. The van der Waals surface area contributed by atoms with Gasteiger partial charge in [-0.3, -0.25) is 0 Å². The fraction of sp³-hybridized carbons (Fsp3) is 1.00. The first kappa shape index (κ1) is 16.3. The van der Waals surface area contributed by atoms with Crippen molar-refractivity contribution in [3.8, 4) is 0 Å². The van der Waals surface area contributed by atoms with Crippen molar-refractivity contribution >= 4 is 45.7 Å². The molecule has 0 aromatic carbocycles. The molecule has 0 radical (unpaired) electrons. The molecule has 0 fully saturated rings. The molecular weight excluding hydrogens is 418 g/mol. The van der Waals surface area contributed by atoms with Crippen molar-refractivity contribution in [2.45, 2.75) is 19.3 Å². The Morgan fingerprint density at radius 3 is 1.60 bits per heavy atom. The maximum Gasteiger partial charge on any atom is 0.0308 e. The average Bonchev–Trinajstić information content (AvgIpc) is 2.20. The predicted molar refractivity (Wildman–Crippen MR) is 83.1 cm³/mol. The van der Waals surface area contributed by atoms with Gasteiger partial charge in [-0.2, -0.15) is 1.33 Å². The lowest BCUT2D eigenvalue weighted by Crippen LogP contribution is -2.30. The lowest BCUT2D eigenvalue weighted by Gasteiger charge is -2.22. The quantitative estimate of drug-likeness (QED) is 0.399. The first-order valence-corrected chi connectivity index (χ1v) is 7.35. The van der Waals surface area contributed by atoms with Crippen molar-refractivity contribution in [3.63, 3.8) is 0 Å². The van der Waals surface area contributed by atoms with Gasteiger partial charge in [0.2, 0.25) is 0 Å². The number of rotatable bonds is 10. The van der Waals surface area contributed by atoms with Crippen LogP contribution in [0.1, 0.15) is 19.3 Å². The van der Waals surface area contributed by atoms with Crippen molar-refractivity contribution in [3.05, 3.63) is 0 Å².